The molecule has 0 fully saturated rings. The van der Waals surface area contributed by atoms with Crippen LogP contribution in [-0.2, 0) is 23.0 Å². The van der Waals surface area contributed by atoms with Crippen LogP contribution in [0.5, 0.6) is 0 Å². The molecule has 21 heavy (non-hydrogen) atoms. The van der Waals surface area contributed by atoms with Crippen LogP contribution in [0.3, 0.4) is 0 Å². The molecule has 0 aliphatic heterocycles. The minimum Gasteiger partial charge on any atom is -0.394 e. The summed E-state index contributed by atoms with van der Waals surface area (Å²) in [4.78, 5) is 0.107. The molecule has 2 N–H and O–H groups in total. The van der Waals surface area contributed by atoms with Crippen LogP contribution in [0.2, 0.25) is 0 Å². The molecule has 0 aliphatic rings. The molecule has 1 aromatic heterocycles. The van der Waals surface area contributed by atoms with Crippen LogP contribution >= 0.6 is 0 Å². The summed E-state index contributed by atoms with van der Waals surface area (Å²) in [5, 5.41) is 12.7. The lowest BCUT2D eigenvalue weighted by Gasteiger charge is -2.13. The van der Waals surface area contributed by atoms with Crippen LogP contribution in [0.4, 0.5) is 0 Å². The van der Waals surface area contributed by atoms with Crippen molar-refractivity contribution in [3.05, 3.63) is 48.3 Å². The van der Waals surface area contributed by atoms with Gasteiger partial charge in [0.15, 0.2) is 0 Å². The Kier molecular flexibility index (Phi) is 5.11. The van der Waals surface area contributed by atoms with E-state index in [1.807, 2.05) is 37.3 Å². The summed E-state index contributed by atoms with van der Waals surface area (Å²) >= 11 is 0. The van der Waals surface area contributed by atoms with Gasteiger partial charge in [0.25, 0.3) is 0 Å². The molecule has 0 bridgehead atoms. The normalized spacial score (nSPS) is 13.2. The zero-order chi connectivity index (χ0) is 15.3. The minimum atomic E-state index is -3.59. The van der Waals surface area contributed by atoms with E-state index in [1.165, 1.54) is 17.1 Å². The molecular weight excluding hydrogens is 290 g/mol. The number of sulfonamides is 1. The number of aromatic nitrogens is 2. The fourth-order valence-electron chi connectivity index (χ4n) is 2.05. The summed E-state index contributed by atoms with van der Waals surface area (Å²) in [7, 11) is -3.59. The predicted molar refractivity (Wildman–Crippen MR) is 79.2 cm³/mol. The smallest absolute Gasteiger partial charge is 0.243 e. The van der Waals surface area contributed by atoms with E-state index in [4.69, 9.17) is 5.11 Å². The molecule has 1 aromatic carbocycles. The Hall–Kier alpha value is -1.70. The molecule has 0 saturated heterocycles. The van der Waals surface area contributed by atoms with Crippen molar-refractivity contribution in [3.63, 3.8) is 0 Å². The molecule has 1 heterocycles. The quantitative estimate of drug-likeness (QED) is 0.792. The average Bonchev–Trinajstić information content (AvgIpc) is 2.89. The zero-order valence-electron chi connectivity index (χ0n) is 11.8. The van der Waals surface area contributed by atoms with Crippen molar-refractivity contribution in [3.8, 4) is 0 Å². The zero-order valence-corrected chi connectivity index (χ0v) is 12.6. The van der Waals surface area contributed by atoms with Crippen LogP contribution in [0.1, 0.15) is 12.5 Å². The number of benzene rings is 1. The van der Waals surface area contributed by atoms with Crippen molar-refractivity contribution in [2.75, 3.05) is 6.61 Å². The second-order valence-corrected chi connectivity index (χ2v) is 6.59. The standard InChI is InChI=1S/C14H19N3O3S/c1-12(9-13-5-3-2-4-6-13)16-21(19,20)14-10-15-17(11-14)7-8-18/h2-6,10-12,16,18H,7-9H2,1H3. The number of aliphatic hydroxyl groups is 1. The highest BCUT2D eigenvalue weighted by atomic mass is 32.2. The van der Waals surface area contributed by atoms with Crippen molar-refractivity contribution >= 4 is 10.0 Å². The summed E-state index contributed by atoms with van der Waals surface area (Å²) in [5.74, 6) is 0. The van der Waals surface area contributed by atoms with E-state index >= 15 is 0 Å². The van der Waals surface area contributed by atoms with Crippen LogP contribution in [0.25, 0.3) is 0 Å². The maximum absolute atomic E-state index is 12.2. The number of hydrogen-bond acceptors (Lipinski definition) is 4. The fraction of sp³-hybridized carbons (Fsp3) is 0.357. The summed E-state index contributed by atoms with van der Waals surface area (Å²) in [6, 6.07) is 9.48. The second kappa shape index (κ2) is 6.84. The molecule has 7 heteroatoms. The Morgan fingerprint density at radius 2 is 2.05 bits per heavy atom. The van der Waals surface area contributed by atoms with Gasteiger partial charge in [-0.25, -0.2) is 13.1 Å². The van der Waals surface area contributed by atoms with E-state index in [1.54, 1.807) is 0 Å². The molecule has 0 saturated carbocycles. The molecule has 1 atom stereocenters. The van der Waals surface area contributed by atoms with Gasteiger partial charge in [0, 0.05) is 12.2 Å². The van der Waals surface area contributed by atoms with Gasteiger partial charge in [-0.3, -0.25) is 4.68 Å². The summed E-state index contributed by atoms with van der Waals surface area (Å²) in [6.45, 7) is 2.01. The highest BCUT2D eigenvalue weighted by molar-refractivity contribution is 7.89. The topological polar surface area (TPSA) is 84.2 Å². The first-order valence-electron chi connectivity index (χ1n) is 6.71. The molecule has 0 spiro atoms. The maximum atomic E-state index is 12.2. The summed E-state index contributed by atoms with van der Waals surface area (Å²) < 4.78 is 28.5. The van der Waals surface area contributed by atoms with E-state index in [9.17, 15) is 8.42 Å². The van der Waals surface area contributed by atoms with E-state index in [0.29, 0.717) is 6.42 Å². The monoisotopic (exact) mass is 309 g/mol. The Labute approximate surface area is 124 Å². The maximum Gasteiger partial charge on any atom is 0.243 e. The lowest BCUT2D eigenvalue weighted by Crippen LogP contribution is -2.33. The first-order chi connectivity index (χ1) is 10.0. The highest BCUT2D eigenvalue weighted by Crippen LogP contribution is 2.10. The number of aliphatic hydroxyl groups excluding tert-OH is 1. The van der Waals surface area contributed by atoms with Crippen molar-refractivity contribution < 1.29 is 13.5 Å². The van der Waals surface area contributed by atoms with Crippen molar-refractivity contribution in [2.45, 2.75) is 30.8 Å². The third-order valence-electron chi connectivity index (χ3n) is 2.99. The SMILES string of the molecule is CC(Cc1ccccc1)NS(=O)(=O)c1cnn(CCO)c1. The molecule has 2 aromatic rings. The molecule has 2 rings (SSSR count). The Morgan fingerprint density at radius 3 is 2.71 bits per heavy atom. The van der Waals surface area contributed by atoms with Crippen molar-refractivity contribution in [2.24, 2.45) is 0 Å². The van der Waals surface area contributed by atoms with Crippen molar-refractivity contribution in [1.29, 1.82) is 0 Å². The first kappa shape index (κ1) is 15.7. The highest BCUT2D eigenvalue weighted by Gasteiger charge is 2.19. The largest absolute Gasteiger partial charge is 0.394 e. The first-order valence-corrected chi connectivity index (χ1v) is 8.19. The molecule has 114 valence electrons. The van der Waals surface area contributed by atoms with Gasteiger partial charge >= 0.3 is 0 Å². The number of rotatable bonds is 7. The molecular formula is C14H19N3O3S. The molecule has 0 radical (unpaired) electrons. The van der Waals surface area contributed by atoms with Crippen LogP contribution < -0.4 is 4.72 Å². The van der Waals surface area contributed by atoms with E-state index < -0.39 is 10.0 Å². The van der Waals surface area contributed by atoms with Crippen molar-refractivity contribution in [1.82, 2.24) is 14.5 Å². The average molecular weight is 309 g/mol. The third-order valence-corrected chi connectivity index (χ3v) is 4.53. The number of nitrogens with one attached hydrogen (secondary N) is 1. The molecule has 1 unspecified atom stereocenters. The van der Waals surface area contributed by atoms with Gasteiger partial charge in [-0.05, 0) is 18.9 Å². The fourth-order valence-corrected chi connectivity index (χ4v) is 3.25. The van der Waals surface area contributed by atoms with Crippen LogP contribution in [0, 0.1) is 0 Å². The molecule has 0 amide bonds. The molecule has 0 aliphatic carbocycles. The summed E-state index contributed by atoms with van der Waals surface area (Å²) in [6.07, 6.45) is 3.31. The Balaban J connectivity index is 2.02. The number of hydrogen-bond donors (Lipinski definition) is 2. The Bertz CT molecular complexity index is 668. The Morgan fingerprint density at radius 1 is 1.33 bits per heavy atom. The summed E-state index contributed by atoms with van der Waals surface area (Å²) in [5.41, 5.74) is 1.07. The van der Waals surface area contributed by atoms with Gasteiger partial charge in [-0.1, -0.05) is 30.3 Å². The van der Waals surface area contributed by atoms with E-state index in [0.717, 1.165) is 5.56 Å². The van der Waals surface area contributed by atoms with Gasteiger partial charge < -0.3 is 5.11 Å². The third kappa shape index (κ3) is 4.38. The predicted octanol–water partition coefficient (Wildman–Crippen LogP) is 0.785. The lowest BCUT2D eigenvalue weighted by molar-refractivity contribution is 0.269. The lowest BCUT2D eigenvalue weighted by atomic mass is 10.1. The van der Waals surface area contributed by atoms with E-state index in [-0.39, 0.29) is 24.1 Å². The molecule has 6 nitrogen and oxygen atoms in total. The van der Waals surface area contributed by atoms with E-state index in [2.05, 4.69) is 9.82 Å². The number of nitrogens with zero attached hydrogens (tertiary/aromatic N) is 2. The van der Waals surface area contributed by atoms with Gasteiger partial charge in [-0.15, -0.1) is 0 Å². The van der Waals surface area contributed by atoms with Gasteiger partial charge in [0.05, 0.1) is 19.3 Å². The van der Waals surface area contributed by atoms with Gasteiger partial charge in [0.2, 0.25) is 10.0 Å². The van der Waals surface area contributed by atoms with Crippen LogP contribution in [0.15, 0.2) is 47.6 Å². The van der Waals surface area contributed by atoms with Gasteiger partial charge in [-0.2, -0.15) is 5.10 Å². The minimum absolute atomic E-state index is 0.0843. The van der Waals surface area contributed by atoms with Gasteiger partial charge in [0.1, 0.15) is 4.90 Å². The second-order valence-electron chi connectivity index (χ2n) is 4.87. The van der Waals surface area contributed by atoms with Crippen LogP contribution in [-0.4, -0.2) is 36.0 Å².